The molecule has 0 radical (unpaired) electrons. The highest BCUT2D eigenvalue weighted by Gasteiger charge is 2.30. The first-order valence-electron chi connectivity index (χ1n) is 13.0. The van der Waals surface area contributed by atoms with Crippen LogP contribution in [0.1, 0.15) is 116 Å². The Labute approximate surface area is 197 Å². The van der Waals surface area contributed by atoms with Gasteiger partial charge in [-0.05, 0) is 38.5 Å². The van der Waals surface area contributed by atoms with E-state index in [-0.39, 0.29) is 0 Å². The van der Waals surface area contributed by atoms with E-state index >= 15 is 0 Å². The van der Waals surface area contributed by atoms with E-state index in [0.717, 1.165) is 96.9 Å². The molecule has 0 aromatic rings. The van der Waals surface area contributed by atoms with Crippen molar-refractivity contribution in [3.63, 3.8) is 0 Å². The van der Waals surface area contributed by atoms with Gasteiger partial charge in [-0.3, -0.25) is 0 Å². The molecule has 6 nitrogen and oxygen atoms in total. The zero-order valence-electron chi connectivity index (χ0n) is 20.1. The van der Waals surface area contributed by atoms with E-state index in [2.05, 4.69) is 0 Å². The van der Waals surface area contributed by atoms with E-state index in [0.29, 0.717) is 19.8 Å². The summed E-state index contributed by atoms with van der Waals surface area (Å²) in [7, 11) is 0. The van der Waals surface area contributed by atoms with E-state index in [4.69, 9.17) is 26.7 Å². The third-order valence-electron chi connectivity index (χ3n) is 5.42. The van der Waals surface area contributed by atoms with E-state index in [1.807, 2.05) is 0 Å². The van der Waals surface area contributed by atoms with Crippen molar-refractivity contribution in [2.45, 2.75) is 116 Å². The predicted molar refractivity (Wildman–Crippen MR) is 128 cm³/mol. The van der Waals surface area contributed by atoms with Crippen molar-refractivity contribution in [3.8, 4) is 0 Å². The Bertz CT molecular complexity index is 275. The van der Waals surface area contributed by atoms with Gasteiger partial charge < -0.3 is 26.7 Å². The third-order valence-corrected chi connectivity index (χ3v) is 6.94. The van der Waals surface area contributed by atoms with Gasteiger partial charge >= 0.3 is 15.1 Å². The highest BCUT2D eigenvalue weighted by atomic mass is 27.3. The van der Waals surface area contributed by atoms with Crippen molar-refractivity contribution in [3.05, 3.63) is 0 Å². The van der Waals surface area contributed by atoms with Gasteiger partial charge in [0.1, 0.15) is 0 Å². The number of rotatable bonds is 27. The summed E-state index contributed by atoms with van der Waals surface area (Å²) in [6.07, 6.45) is 19.8. The molecule has 186 valence electrons. The Balaban J connectivity index is 3.82. The van der Waals surface area contributed by atoms with Crippen LogP contribution >= 0.6 is 0 Å². The highest BCUT2D eigenvalue weighted by molar-refractivity contribution is 6.36. The van der Waals surface area contributed by atoms with Crippen LogP contribution < -0.4 is 0 Å². The SMILES string of the molecule is OCCCCCCCC[O][Al]([O]CCCCCCCCO)[O]CCCCCCCCO. The molecule has 0 aliphatic carbocycles. The zero-order chi connectivity index (χ0) is 22.7. The van der Waals surface area contributed by atoms with E-state index in [1.165, 1.54) is 38.5 Å². The summed E-state index contributed by atoms with van der Waals surface area (Å²) in [5, 5.41) is 26.4. The first-order chi connectivity index (χ1) is 15.3. The van der Waals surface area contributed by atoms with E-state index in [9.17, 15) is 0 Å². The summed E-state index contributed by atoms with van der Waals surface area (Å²) in [4.78, 5) is 0. The van der Waals surface area contributed by atoms with Crippen LogP contribution in [0.25, 0.3) is 0 Å². The van der Waals surface area contributed by atoms with Gasteiger partial charge in [-0.2, -0.15) is 0 Å². The van der Waals surface area contributed by atoms with Crippen molar-refractivity contribution >= 4 is 15.1 Å². The van der Waals surface area contributed by atoms with Gasteiger partial charge in [-0.15, -0.1) is 0 Å². The molecule has 0 heterocycles. The quantitative estimate of drug-likeness (QED) is 0.117. The summed E-state index contributed by atoms with van der Waals surface area (Å²) in [5.41, 5.74) is 0. The minimum absolute atomic E-state index is 0.302. The fourth-order valence-corrected chi connectivity index (χ4v) is 4.81. The molecule has 0 bridgehead atoms. The minimum atomic E-state index is -2.04. The Kier molecular flexibility index (Phi) is 28.6. The van der Waals surface area contributed by atoms with Gasteiger partial charge in [-0.1, -0.05) is 77.0 Å². The molecule has 7 heteroatoms. The Morgan fingerprint density at radius 1 is 0.323 bits per heavy atom. The second-order valence-corrected chi connectivity index (χ2v) is 10.0. The van der Waals surface area contributed by atoms with Crippen LogP contribution in [0.15, 0.2) is 0 Å². The van der Waals surface area contributed by atoms with E-state index < -0.39 is 15.1 Å². The molecule has 0 rings (SSSR count). The molecule has 0 spiro atoms. The third kappa shape index (κ3) is 26.4. The lowest BCUT2D eigenvalue weighted by molar-refractivity contribution is 0.0885. The van der Waals surface area contributed by atoms with Crippen molar-refractivity contribution in [2.75, 3.05) is 39.6 Å². The molecule has 0 amide bonds. The predicted octanol–water partition coefficient (Wildman–Crippen LogP) is 5.02. The normalized spacial score (nSPS) is 11.3. The second-order valence-electron chi connectivity index (χ2n) is 8.44. The molecule has 0 saturated heterocycles. The molecule has 0 saturated carbocycles. The fourth-order valence-electron chi connectivity index (χ4n) is 3.45. The highest BCUT2D eigenvalue weighted by Crippen LogP contribution is 2.09. The maximum Gasteiger partial charge on any atom is 0.905 e. The average Bonchev–Trinajstić information content (AvgIpc) is 2.78. The Morgan fingerprint density at radius 3 is 0.806 bits per heavy atom. The van der Waals surface area contributed by atoms with Crippen molar-refractivity contribution < 1.29 is 26.7 Å². The molecule has 0 fully saturated rings. The van der Waals surface area contributed by atoms with Crippen LogP contribution in [-0.4, -0.2) is 70.1 Å². The number of aliphatic hydroxyl groups excluding tert-OH is 3. The second kappa shape index (κ2) is 28.3. The molecule has 31 heavy (non-hydrogen) atoms. The smallest absolute Gasteiger partial charge is 0.454 e. The zero-order valence-corrected chi connectivity index (χ0v) is 21.3. The monoisotopic (exact) mass is 462 g/mol. The number of aliphatic hydroxyl groups is 3. The van der Waals surface area contributed by atoms with E-state index in [1.54, 1.807) is 0 Å². The summed E-state index contributed by atoms with van der Waals surface area (Å²) in [5.74, 6) is 0. The maximum atomic E-state index is 8.81. The molecular weight excluding hydrogens is 411 g/mol. The largest absolute Gasteiger partial charge is 0.905 e. The summed E-state index contributed by atoms with van der Waals surface area (Å²) in [6.45, 7) is 3.07. The Hall–Kier alpha value is 0.292. The molecule has 0 aromatic heterocycles. The van der Waals surface area contributed by atoms with Crippen LogP contribution in [0.4, 0.5) is 0 Å². The summed E-state index contributed by atoms with van der Waals surface area (Å²) < 4.78 is 18.0. The maximum absolute atomic E-state index is 8.81. The Morgan fingerprint density at radius 2 is 0.548 bits per heavy atom. The lowest BCUT2D eigenvalue weighted by Crippen LogP contribution is -2.28. The van der Waals surface area contributed by atoms with Crippen LogP contribution in [0, 0.1) is 0 Å². The van der Waals surface area contributed by atoms with Crippen LogP contribution in [0.3, 0.4) is 0 Å². The van der Waals surface area contributed by atoms with Crippen molar-refractivity contribution in [1.82, 2.24) is 0 Å². The van der Waals surface area contributed by atoms with Crippen molar-refractivity contribution in [1.29, 1.82) is 0 Å². The van der Waals surface area contributed by atoms with Gasteiger partial charge in [0.05, 0.1) is 0 Å². The molecule has 3 N–H and O–H groups in total. The molecule has 0 aliphatic heterocycles. The summed E-state index contributed by atoms with van der Waals surface area (Å²) >= 11 is -2.04. The minimum Gasteiger partial charge on any atom is -0.454 e. The fraction of sp³-hybridized carbons (Fsp3) is 1.00. The van der Waals surface area contributed by atoms with Crippen LogP contribution in [0.5, 0.6) is 0 Å². The first kappa shape index (κ1) is 31.3. The molecule has 0 unspecified atom stereocenters. The number of hydrogen-bond donors (Lipinski definition) is 3. The van der Waals surface area contributed by atoms with Gasteiger partial charge in [-0.25, -0.2) is 0 Å². The number of unbranched alkanes of at least 4 members (excludes halogenated alkanes) is 15. The molecular formula is C24H51AlO6. The first-order valence-corrected chi connectivity index (χ1v) is 14.4. The number of hydrogen-bond acceptors (Lipinski definition) is 6. The van der Waals surface area contributed by atoms with Crippen molar-refractivity contribution in [2.24, 2.45) is 0 Å². The van der Waals surface area contributed by atoms with Crippen LogP contribution in [-0.2, 0) is 11.4 Å². The standard InChI is InChI=1S/3C8H17O2.Al/c3*9-7-5-3-1-2-4-6-8-10;/h3*9H,1-8H2;/q3*-1;+3. The lowest BCUT2D eigenvalue weighted by Gasteiger charge is -2.14. The van der Waals surface area contributed by atoms with Gasteiger partial charge in [0.25, 0.3) is 0 Å². The lowest BCUT2D eigenvalue weighted by atomic mass is 10.1. The molecule has 0 atom stereocenters. The summed E-state index contributed by atoms with van der Waals surface area (Å²) in [6, 6.07) is 0. The average molecular weight is 463 g/mol. The van der Waals surface area contributed by atoms with Gasteiger partial charge in [0.15, 0.2) is 0 Å². The molecule has 0 aromatic carbocycles. The van der Waals surface area contributed by atoms with Gasteiger partial charge in [0, 0.05) is 39.6 Å². The molecule has 0 aliphatic rings. The van der Waals surface area contributed by atoms with Crippen LogP contribution in [0.2, 0.25) is 0 Å². The topological polar surface area (TPSA) is 88.4 Å². The van der Waals surface area contributed by atoms with Gasteiger partial charge in [0.2, 0.25) is 0 Å².